The summed E-state index contributed by atoms with van der Waals surface area (Å²) in [4.78, 5) is 0. The number of aryl methyl sites for hydroxylation is 2. The van der Waals surface area contributed by atoms with Crippen molar-refractivity contribution >= 4 is 31.6 Å². The van der Waals surface area contributed by atoms with Crippen molar-refractivity contribution < 1.29 is 8.85 Å². The van der Waals surface area contributed by atoms with Crippen molar-refractivity contribution in [3.63, 3.8) is 0 Å². The smallest absolute Gasteiger partial charge is 0.480 e. The topological polar surface area (TPSA) is 24.9 Å². The van der Waals surface area contributed by atoms with Crippen molar-refractivity contribution in [1.82, 2.24) is 0 Å². The molecule has 0 saturated heterocycles. The highest BCUT2D eigenvalue weighted by Crippen LogP contribution is 2.53. The summed E-state index contributed by atoms with van der Waals surface area (Å²) in [5, 5.41) is 0. The molecular formula is C38H30N2O2Si. The van der Waals surface area contributed by atoms with Gasteiger partial charge in [0.25, 0.3) is 0 Å². The van der Waals surface area contributed by atoms with Gasteiger partial charge in [0, 0.05) is 45.0 Å². The summed E-state index contributed by atoms with van der Waals surface area (Å²) in [7, 11) is -3.81. The zero-order valence-electron chi connectivity index (χ0n) is 24.1. The van der Waals surface area contributed by atoms with E-state index in [4.69, 9.17) is 8.85 Å². The predicted molar refractivity (Wildman–Crippen MR) is 177 cm³/mol. The number of para-hydroxylation sites is 6. The van der Waals surface area contributed by atoms with Crippen LogP contribution in [-0.2, 0) is 0 Å². The van der Waals surface area contributed by atoms with Crippen molar-refractivity contribution in [1.29, 1.82) is 0 Å². The number of hydrogen-bond donors (Lipinski definition) is 0. The molecule has 0 bridgehead atoms. The van der Waals surface area contributed by atoms with Crippen LogP contribution in [0.25, 0.3) is 22.3 Å². The van der Waals surface area contributed by atoms with Crippen LogP contribution in [0.3, 0.4) is 0 Å². The Labute approximate surface area is 253 Å². The number of rotatable bonds is 2. The van der Waals surface area contributed by atoms with Crippen LogP contribution < -0.4 is 18.0 Å². The van der Waals surface area contributed by atoms with Crippen molar-refractivity contribution in [2.75, 3.05) is 9.13 Å². The normalized spacial score (nSPS) is 14.3. The summed E-state index contributed by atoms with van der Waals surface area (Å²) in [5.41, 5.74) is 10.7. The Bertz CT molecular complexity index is 1860. The molecule has 0 unspecified atom stereocenters. The molecule has 4 nitrogen and oxygen atoms in total. The van der Waals surface area contributed by atoms with Crippen LogP contribution in [0.5, 0.6) is 11.5 Å². The molecule has 0 amide bonds. The maximum atomic E-state index is 7.57. The van der Waals surface area contributed by atoms with Gasteiger partial charge < -0.3 is 8.85 Å². The lowest BCUT2D eigenvalue weighted by Crippen LogP contribution is -2.72. The third-order valence-corrected chi connectivity index (χ3v) is 11.5. The minimum absolute atomic E-state index is 0.799. The van der Waals surface area contributed by atoms with E-state index in [1.54, 1.807) is 0 Å². The molecule has 2 aliphatic rings. The second kappa shape index (κ2) is 9.93. The lowest BCUT2D eigenvalue weighted by molar-refractivity contribution is 0.384. The first-order chi connectivity index (χ1) is 21.2. The molecule has 0 aliphatic carbocycles. The fourth-order valence-corrected chi connectivity index (χ4v) is 10.1. The molecule has 2 heterocycles. The fourth-order valence-electron chi connectivity index (χ4n) is 6.44. The first kappa shape index (κ1) is 25.4. The molecule has 8 rings (SSSR count). The lowest BCUT2D eigenvalue weighted by Gasteiger charge is -2.45. The Morgan fingerprint density at radius 3 is 1.12 bits per heavy atom. The summed E-state index contributed by atoms with van der Waals surface area (Å²) in [6, 6.07) is 50.9. The molecule has 0 atom stereocenters. The second-order valence-corrected chi connectivity index (χ2v) is 13.4. The molecule has 0 radical (unpaired) electrons. The number of hydrogen-bond acceptors (Lipinski definition) is 4. The average Bonchev–Trinajstić information content (AvgIpc) is 3.24. The van der Waals surface area contributed by atoms with Gasteiger partial charge in [0.05, 0.1) is 0 Å². The Balaban J connectivity index is 1.58. The number of anilines is 4. The zero-order chi connectivity index (χ0) is 29.0. The minimum Gasteiger partial charge on any atom is -0.480 e. The Morgan fingerprint density at radius 1 is 0.372 bits per heavy atom. The molecule has 5 heteroatoms. The first-order valence-corrected chi connectivity index (χ1v) is 16.3. The van der Waals surface area contributed by atoms with E-state index in [0.717, 1.165) is 67.6 Å². The maximum Gasteiger partial charge on any atom is 0.733 e. The number of fused-ring (bicyclic) bond motifs is 6. The molecule has 2 aliphatic heterocycles. The monoisotopic (exact) mass is 574 g/mol. The zero-order valence-corrected chi connectivity index (χ0v) is 25.1. The van der Waals surface area contributed by atoms with E-state index in [0.29, 0.717) is 0 Å². The van der Waals surface area contributed by atoms with Crippen molar-refractivity contribution in [2.45, 2.75) is 13.8 Å². The van der Waals surface area contributed by atoms with Crippen LogP contribution >= 0.6 is 0 Å². The minimum atomic E-state index is -3.81. The van der Waals surface area contributed by atoms with Gasteiger partial charge in [0.2, 0.25) is 0 Å². The van der Waals surface area contributed by atoms with Gasteiger partial charge in [-0.15, -0.1) is 0 Å². The van der Waals surface area contributed by atoms with E-state index in [1.165, 1.54) is 0 Å². The van der Waals surface area contributed by atoms with E-state index in [1.807, 2.05) is 12.1 Å². The van der Waals surface area contributed by atoms with Gasteiger partial charge in [-0.25, -0.2) is 0 Å². The molecule has 208 valence electrons. The summed E-state index contributed by atoms with van der Waals surface area (Å²) < 4.78 is 19.9. The molecule has 1 spiro atoms. The average molecular weight is 575 g/mol. The number of benzene rings is 6. The van der Waals surface area contributed by atoms with Gasteiger partial charge >= 0.3 is 8.88 Å². The summed E-state index contributed by atoms with van der Waals surface area (Å²) in [6.07, 6.45) is 0. The quantitative estimate of drug-likeness (QED) is 0.192. The third kappa shape index (κ3) is 3.89. The maximum absolute atomic E-state index is 7.57. The number of nitrogens with zero attached hydrogens (tertiary/aromatic N) is 2. The molecule has 43 heavy (non-hydrogen) atoms. The molecule has 0 aromatic heterocycles. The SMILES string of the molecule is Cc1ccccc1N1c2ccccc2-c2ccccc2O[Si]12Oc1ccccc1-c1ccccc1N2c1ccccc1C. The Kier molecular flexibility index (Phi) is 5.88. The summed E-state index contributed by atoms with van der Waals surface area (Å²) in [5.74, 6) is 1.60. The Hall–Kier alpha value is -5.26. The molecule has 0 saturated carbocycles. The third-order valence-electron chi connectivity index (χ3n) is 8.41. The highest BCUT2D eigenvalue weighted by Gasteiger charge is 2.64. The van der Waals surface area contributed by atoms with Crippen molar-refractivity contribution in [3.05, 3.63) is 157 Å². The largest absolute Gasteiger partial charge is 0.733 e. The van der Waals surface area contributed by atoms with Gasteiger partial charge in [0.1, 0.15) is 11.5 Å². The van der Waals surface area contributed by atoms with Gasteiger partial charge in [-0.2, -0.15) is 0 Å². The standard InChI is InChI=1S/C38H30N2O2Si/c1-27-15-3-9-21-33(27)39-35-23-11-5-17-29(35)31-19-7-13-25-37(31)41-43(39)40(34-22-10-4-16-28(34)2)36-24-12-6-18-30(36)32-20-8-14-26-38(32)42-43/h3-26H,1-2H3. The fraction of sp³-hybridized carbons (Fsp3) is 0.0526. The molecule has 0 N–H and O–H groups in total. The van der Waals surface area contributed by atoms with Crippen molar-refractivity contribution in [3.8, 4) is 33.8 Å². The summed E-state index contributed by atoms with van der Waals surface area (Å²) >= 11 is 0. The van der Waals surface area contributed by atoms with Gasteiger partial charge in [-0.05, 0) is 61.4 Å². The van der Waals surface area contributed by atoms with Crippen LogP contribution in [0.15, 0.2) is 146 Å². The van der Waals surface area contributed by atoms with E-state index in [-0.39, 0.29) is 0 Å². The van der Waals surface area contributed by atoms with Gasteiger partial charge in [0.15, 0.2) is 0 Å². The van der Waals surface area contributed by atoms with Crippen LogP contribution in [-0.4, -0.2) is 8.88 Å². The van der Waals surface area contributed by atoms with Gasteiger partial charge in [-0.3, -0.25) is 9.13 Å². The molecule has 0 fully saturated rings. The van der Waals surface area contributed by atoms with Gasteiger partial charge in [-0.1, -0.05) is 109 Å². The molecule has 6 aromatic rings. The Morgan fingerprint density at radius 2 is 0.698 bits per heavy atom. The molecule has 6 aromatic carbocycles. The highest BCUT2D eigenvalue weighted by molar-refractivity contribution is 6.80. The van der Waals surface area contributed by atoms with Crippen LogP contribution in [0.2, 0.25) is 0 Å². The lowest BCUT2D eigenvalue weighted by atomic mass is 10.0. The second-order valence-electron chi connectivity index (χ2n) is 11.0. The van der Waals surface area contributed by atoms with Crippen LogP contribution in [0.1, 0.15) is 11.1 Å². The van der Waals surface area contributed by atoms with Crippen LogP contribution in [0, 0.1) is 13.8 Å². The van der Waals surface area contributed by atoms with Crippen LogP contribution in [0.4, 0.5) is 22.7 Å². The van der Waals surface area contributed by atoms with E-state index >= 15 is 0 Å². The predicted octanol–water partition coefficient (Wildman–Crippen LogP) is 9.83. The van der Waals surface area contributed by atoms with E-state index in [2.05, 4.69) is 156 Å². The summed E-state index contributed by atoms with van der Waals surface area (Å²) in [6.45, 7) is 4.32. The first-order valence-electron chi connectivity index (χ1n) is 14.6. The highest BCUT2D eigenvalue weighted by atomic mass is 28.4. The molecular weight excluding hydrogens is 545 g/mol. The van der Waals surface area contributed by atoms with Crippen molar-refractivity contribution in [2.24, 2.45) is 0 Å². The van der Waals surface area contributed by atoms with E-state index in [9.17, 15) is 0 Å². The van der Waals surface area contributed by atoms with E-state index < -0.39 is 8.88 Å².